The molecule has 0 bridgehead atoms. The van der Waals surface area contributed by atoms with Gasteiger partial charge in [0.05, 0.1) is 12.2 Å². The van der Waals surface area contributed by atoms with Crippen molar-refractivity contribution < 1.29 is 9.53 Å². The van der Waals surface area contributed by atoms with Gasteiger partial charge in [0.1, 0.15) is 0 Å². The normalized spacial score (nSPS) is 14.7. The van der Waals surface area contributed by atoms with Crippen LogP contribution in [0.3, 0.4) is 0 Å². The number of benzene rings is 1. The van der Waals surface area contributed by atoms with E-state index in [9.17, 15) is 4.79 Å². The molecule has 0 heterocycles. The summed E-state index contributed by atoms with van der Waals surface area (Å²) in [5.74, 6) is -0.162. The highest BCUT2D eigenvalue weighted by Gasteiger charge is 2.21. The van der Waals surface area contributed by atoms with Crippen molar-refractivity contribution in [1.82, 2.24) is 5.32 Å². The van der Waals surface area contributed by atoms with Crippen LogP contribution in [0, 0.1) is 0 Å². The Bertz CT molecular complexity index is 437. The molecule has 96 valence electrons. The van der Waals surface area contributed by atoms with E-state index in [-0.39, 0.29) is 5.97 Å². The van der Waals surface area contributed by atoms with Crippen LogP contribution in [0.25, 0.3) is 0 Å². The first-order valence-corrected chi connectivity index (χ1v) is 6.48. The van der Waals surface area contributed by atoms with Gasteiger partial charge in [-0.05, 0) is 31.7 Å². The minimum atomic E-state index is -0.162. The van der Waals surface area contributed by atoms with Crippen molar-refractivity contribution in [2.45, 2.75) is 32.7 Å². The maximum Gasteiger partial charge on any atom is 0.335 e. The monoisotopic (exact) mass is 245 g/mol. The molecule has 0 amide bonds. The fourth-order valence-corrected chi connectivity index (χ4v) is 2.19. The minimum absolute atomic E-state index is 0.162. The van der Waals surface area contributed by atoms with Gasteiger partial charge in [-0.15, -0.1) is 0 Å². The zero-order chi connectivity index (χ0) is 12.8. The minimum Gasteiger partial charge on any atom is -0.463 e. The van der Waals surface area contributed by atoms with Crippen molar-refractivity contribution in [2.75, 3.05) is 6.61 Å². The van der Waals surface area contributed by atoms with Gasteiger partial charge in [0.15, 0.2) is 0 Å². The maximum atomic E-state index is 11.7. The van der Waals surface area contributed by atoms with E-state index in [4.69, 9.17) is 4.74 Å². The van der Waals surface area contributed by atoms with Crippen molar-refractivity contribution in [1.29, 1.82) is 0 Å². The molecule has 3 nitrogen and oxygen atoms in total. The lowest BCUT2D eigenvalue weighted by Gasteiger charge is -2.10. The van der Waals surface area contributed by atoms with Crippen molar-refractivity contribution in [3.63, 3.8) is 0 Å². The largest absolute Gasteiger partial charge is 0.463 e. The van der Waals surface area contributed by atoms with Crippen LogP contribution in [0.15, 0.2) is 41.6 Å². The highest BCUT2D eigenvalue weighted by atomic mass is 16.5. The van der Waals surface area contributed by atoms with Gasteiger partial charge in [-0.25, -0.2) is 4.79 Å². The van der Waals surface area contributed by atoms with Gasteiger partial charge < -0.3 is 10.1 Å². The van der Waals surface area contributed by atoms with E-state index in [0.717, 1.165) is 37.1 Å². The first-order chi connectivity index (χ1) is 8.81. The van der Waals surface area contributed by atoms with Gasteiger partial charge in [-0.2, -0.15) is 0 Å². The molecule has 0 aliphatic heterocycles. The van der Waals surface area contributed by atoms with Gasteiger partial charge >= 0.3 is 5.97 Å². The van der Waals surface area contributed by atoms with E-state index in [1.807, 2.05) is 25.1 Å². The number of hydrogen-bond donors (Lipinski definition) is 1. The Morgan fingerprint density at radius 3 is 2.78 bits per heavy atom. The van der Waals surface area contributed by atoms with Crippen LogP contribution < -0.4 is 5.32 Å². The van der Waals surface area contributed by atoms with Crippen LogP contribution in [-0.4, -0.2) is 12.6 Å². The average Bonchev–Trinajstić information content (AvgIpc) is 2.86. The Hall–Kier alpha value is -1.77. The fraction of sp³-hybridized carbons (Fsp3) is 0.400. The van der Waals surface area contributed by atoms with Crippen molar-refractivity contribution >= 4 is 5.97 Å². The van der Waals surface area contributed by atoms with Gasteiger partial charge in [0.2, 0.25) is 0 Å². The molecule has 18 heavy (non-hydrogen) atoms. The lowest BCUT2D eigenvalue weighted by atomic mass is 10.2. The summed E-state index contributed by atoms with van der Waals surface area (Å²) in [6.45, 7) is 3.04. The number of nitrogens with one attached hydrogen (secondary N) is 1. The quantitative estimate of drug-likeness (QED) is 0.811. The van der Waals surface area contributed by atoms with Crippen LogP contribution >= 0.6 is 0 Å². The van der Waals surface area contributed by atoms with Crippen molar-refractivity contribution in [3.8, 4) is 0 Å². The third kappa shape index (κ3) is 3.13. The highest BCUT2D eigenvalue weighted by molar-refractivity contribution is 5.89. The molecule has 1 aliphatic rings. The van der Waals surface area contributed by atoms with Crippen LogP contribution in [0.1, 0.15) is 31.7 Å². The number of esters is 1. The maximum absolute atomic E-state index is 11.7. The summed E-state index contributed by atoms with van der Waals surface area (Å²) in [4.78, 5) is 11.7. The predicted octanol–water partition coefficient (Wildman–Crippen LogP) is 2.78. The smallest absolute Gasteiger partial charge is 0.335 e. The third-order valence-electron chi connectivity index (χ3n) is 3.09. The van der Waals surface area contributed by atoms with Crippen LogP contribution in [0.4, 0.5) is 0 Å². The first-order valence-electron chi connectivity index (χ1n) is 6.48. The number of rotatable bonds is 5. The second-order valence-corrected chi connectivity index (χ2v) is 4.37. The van der Waals surface area contributed by atoms with Crippen molar-refractivity contribution in [3.05, 3.63) is 47.2 Å². The van der Waals surface area contributed by atoms with Crippen LogP contribution in [0.2, 0.25) is 0 Å². The summed E-state index contributed by atoms with van der Waals surface area (Å²) < 4.78 is 5.07. The molecule has 0 saturated heterocycles. The Morgan fingerprint density at radius 2 is 2.06 bits per heavy atom. The van der Waals surface area contributed by atoms with Crippen LogP contribution in [0.5, 0.6) is 0 Å². The van der Waals surface area contributed by atoms with E-state index >= 15 is 0 Å². The Labute approximate surface area is 108 Å². The van der Waals surface area contributed by atoms with Gasteiger partial charge in [0.25, 0.3) is 0 Å². The summed E-state index contributed by atoms with van der Waals surface area (Å²) in [5.41, 5.74) is 3.10. The van der Waals surface area contributed by atoms with E-state index in [1.54, 1.807) is 0 Å². The molecule has 0 aromatic heterocycles. The molecule has 0 spiro atoms. The lowest BCUT2D eigenvalue weighted by Crippen LogP contribution is -2.16. The van der Waals surface area contributed by atoms with E-state index in [1.165, 1.54) is 5.56 Å². The fourth-order valence-electron chi connectivity index (χ4n) is 2.19. The summed E-state index contributed by atoms with van der Waals surface area (Å²) in [6.07, 6.45) is 2.81. The Kier molecular flexibility index (Phi) is 4.40. The standard InChI is InChI=1S/C15H19NO2/c1-2-18-15(17)13-9-6-10-14(13)16-11-12-7-4-3-5-8-12/h3-5,7-8,16H,2,6,9-11H2,1H3. The molecule has 2 rings (SSSR count). The third-order valence-corrected chi connectivity index (χ3v) is 3.09. The number of ether oxygens (including phenoxy) is 1. The van der Waals surface area contributed by atoms with Gasteiger partial charge in [-0.3, -0.25) is 0 Å². The number of allylic oxidation sites excluding steroid dienone is 1. The zero-order valence-corrected chi connectivity index (χ0v) is 10.7. The molecule has 1 aromatic carbocycles. The first kappa shape index (κ1) is 12.7. The molecule has 1 N–H and O–H groups in total. The molecule has 0 atom stereocenters. The van der Waals surface area contributed by atoms with Crippen LogP contribution in [-0.2, 0) is 16.1 Å². The second kappa shape index (κ2) is 6.24. The zero-order valence-electron chi connectivity index (χ0n) is 10.7. The number of hydrogen-bond acceptors (Lipinski definition) is 3. The van der Waals surface area contributed by atoms with Crippen molar-refractivity contribution in [2.24, 2.45) is 0 Å². The molecule has 0 radical (unpaired) electrons. The Morgan fingerprint density at radius 1 is 1.28 bits per heavy atom. The number of carbonyl (C=O) groups excluding carboxylic acids is 1. The molecule has 0 saturated carbocycles. The Balaban J connectivity index is 1.98. The van der Waals surface area contributed by atoms with E-state index in [2.05, 4.69) is 17.4 Å². The number of carbonyl (C=O) groups is 1. The molecule has 0 unspecified atom stereocenters. The molecular formula is C15H19NO2. The summed E-state index contributed by atoms with van der Waals surface area (Å²) in [6, 6.07) is 10.2. The summed E-state index contributed by atoms with van der Waals surface area (Å²) in [5, 5.41) is 3.37. The molecule has 0 fully saturated rings. The molecule has 1 aliphatic carbocycles. The second-order valence-electron chi connectivity index (χ2n) is 4.37. The van der Waals surface area contributed by atoms with Gasteiger partial charge in [-0.1, -0.05) is 30.3 Å². The van der Waals surface area contributed by atoms with E-state index in [0.29, 0.717) is 6.61 Å². The predicted molar refractivity (Wildman–Crippen MR) is 70.8 cm³/mol. The molecule has 1 aromatic rings. The van der Waals surface area contributed by atoms with Gasteiger partial charge in [0, 0.05) is 12.2 Å². The SMILES string of the molecule is CCOC(=O)C1=C(NCc2ccccc2)CCC1. The highest BCUT2D eigenvalue weighted by Crippen LogP contribution is 2.25. The summed E-state index contributed by atoms with van der Waals surface area (Å²) in [7, 11) is 0. The van der Waals surface area contributed by atoms with E-state index < -0.39 is 0 Å². The topological polar surface area (TPSA) is 38.3 Å². The average molecular weight is 245 g/mol. The summed E-state index contributed by atoms with van der Waals surface area (Å²) >= 11 is 0. The molecule has 3 heteroatoms. The molecular weight excluding hydrogens is 226 g/mol. The lowest BCUT2D eigenvalue weighted by molar-refractivity contribution is -0.138.